The highest BCUT2D eigenvalue weighted by molar-refractivity contribution is 5.87. The van der Waals surface area contributed by atoms with E-state index in [1.165, 1.54) is 43.5 Å². The predicted octanol–water partition coefficient (Wildman–Crippen LogP) is 0.393. The Morgan fingerprint density at radius 1 is 1.41 bits per heavy atom. The molecule has 9 nitrogen and oxygen atoms in total. The molecule has 1 aliphatic rings. The van der Waals surface area contributed by atoms with Gasteiger partial charge in [0, 0.05) is 25.6 Å². The van der Waals surface area contributed by atoms with Gasteiger partial charge in [0.05, 0.1) is 17.7 Å². The third-order valence-corrected chi connectivity index (χ3v) is 3.29. The number of hydrogen-bond donors (Lipinski definition) is 1. The van der Waals surface area contributed by atoms with Crippen LogP contribution in [0, 0.1) is 10.1 Å². The van der Waals surface area contributed by atoms with Gasteiger partial charge in [-0.3, -0.25) is 19.7 Å². The van der Waals surface area contributed by atoms with Crippen LogP contribution in [-0.4, -0.2) is 43.1 Å². The van der Waals surface area contributed by atoms with E-state index in [1.54, 1.807) is 0 Å². The lowest BCUT2D eigenvalue weighted by Gasteiger charge is -2.23. The Morgan fingerprint density at radius 2 is 2.05 bits per heavy atom. The van der Waals surface area contributed by atoms with Crippen LogP contribution in [0.2, 0.25) is 0 Å². The first-order chi connectivity index (χ1) is 10.5. The zero-order valence-corrected chi connectivity index (χ0v) is 12.0. The second kappa shape index (κ2) is 6.39. The number of carbonyl (C=O) groups is 2. The van der Waals surface area contributed by atoms with Gasteiger partial charge < -0.3 is 10.1 Å². The number of esters is 1. The van der Waals surface area contributed by atoms with Gasteiger partial charge in [-0.2, -0.15) is 0 Å². The van der Waals surface area contributed by atoms with E-state index in [9.17, 15) is 19.7 Å². The van der Waals surface area contributed by atoms with Crippen LogP contribution < -0.4 is 10.4 Å². The topological polar surface area (TPSA) is 111 Å². The van der Waals surface area contributed by atoms with Gasteiger partial charge in [-0.15, -0.1) is 0 Å². The Bertz CT molecular complexity index is 588. The highest BCUT2D eigenvalue weighted by atomic mass is 16.7. The second-order valence-corrected chi connectivity index (χ2v) is 4.58. The molecule has 0 spiro atoms. The molecule has 118 valence electrons. The van der Waals surface area contributed by atoms with Crippen molar-refractivity contribution in [3.63, 3.8) is 0 Å². The van der Waals surface area contributed by atoms with Gasteiger partial charge in [0.15, 0.2) is 6.10 Å². The third kappa shape index (κ3) is 2.98. The molecule has 1 heterocycles. The summed E-state index contributed by atoms with van der Waals surface area (Å²) in [6, 6.07) is 4.77. The summed E-state index contributed by atoms with van der Waals surface area (Å²) in [6.07, 6.45) is -0.772. The number of ether oxygens (including phenoxy) is 1. The first-order valence-electron chi connectivity index (χ1n) is 6.47. The standard InChI is InChI=1S/C13H15N3O6/c1-14-12(17)10-7-11(13(18)21-2)22-15(10)8-3-5-9(6-4-8)16(19)20/h3-6,10-11H,7H2,1-2H3,(H,14,17). The number of nitro benzene ring substituents is 1. The van der Waals surface area contributed by atoms with E-state index >= 15 is 0 Å². The number of hydroxylamine groups is 1. The number of amides is 1. The van der Waals surface area contributed by atoms with Crippen LogP contribution in [0.25, 0.3) is 0 Å². The number of carbonyl (C=O) groups excluding carboxylic acids is 2. The highest BCUT2D eigenvalue weighted by Crippen LogP contribution is 2.30. The predicted molar refractivity (Wildman–Crippen MR) is 74.9 cm³/mol. The van der Waals surface area contributed by atoms with E-state index in [-0.39, 0.29) is 18.0 Å². The molecule has 1 aromatic carbocycles. The van der Waals surface area contributed by atoms with Crippen molar-refractivity contribution in [2.75, 3.05) is 19.2 Å². The minimum atomic E-state index is -0.900. The molecule has 1 aromatic rings. The van der Waals surface area contributed by atoms with E-state index in [0.29, 0.717) is 5.69 Å². The average molecular weight is 309 g/mol. The van der Waals surface area contributed by atoms with Gasteiger partial charge in [0.25, 0.3) is 5.69 Å². The minimum Gasteiger partial charge on any atom is -0.467 e. The van der Waals surface area contributed by atoms with Gasteiger partial charge in [-0.05, 0) is 12.1 Å². The number of likely N-dealkylation sites (N-methyl/N-ethyl adjacent to an activating group) is 1. The van der Waals surface area contributed by atoms with Crippen molar-refractivity contribution in [3.8, 4) is 0 Å². The van der Waals surface area contributed by atoms with Gasteiger partial charge in [0.1, 0.15) is 6.04 Å². The Labute approximate surface area is 125 Å². The van der Waals surface area contributed by atoms with E-state index in [2.05, 4.69) is 10.1 Å². The van der Waals surface area contributed by atoms with Crippen molar-refractivity contribution in [2.45, 2.75) is 18.6 Å². The first-order valence-corrected chi connectivity index (χ1v) is 6.47. The molecular weight excluding hydrogens is 294 g/mol. The van der Waals surface area contributed by atoms with Crippen molar-refractivity contribution in [2.24, 2.45) is 0 Å². The molecule has 0 saturated carbocycles. The molecule has 1 N–H and O–H groups in total. The summed E-state index contributed by atoms with van der Waals surface area (Å²) in [7, 11) is 2.71. The minimum absolute atomic E-state index is 0.0797. The fourth-order valence-electron chi connectivity index (χ4n) is 2.17. The number of nitro groups is 1. The number of non-ortho nitro benzene ring substituents is 1. The second-order valence-electron chi connectivity index (χ2n) is 4.58. The van der Waals surface area contributed by atoms with E-state index in [4.69, 9.17) is 4.84 Å². The lowest BCUT2D eigenvalue weighted by Crippen LogP contribution is -2.41. The third-order valence-electron chi connectivity index (χ3n) is 3.29. The largest absolute Gasteiger partial charge is 0.467 e. The van der Waals surface area contributed by atoms with Crippen LogP contribution in [0.5, 0.6) is 0 Å². The number of hydrogen-bond acceptors (Lipinski definition) is 7. The van der Waals surface area contributed by atoms with Crippen LogP contribution in [0.3, 0.4) is 0 Å². The lowest BCUT2D eigenvalue weighted by atomic mass is 10.1. The Kier molecular flexibility index (Phi) is 4.56. The van der Waals surface area contributed by atoms with Gasteiger partial charge in [0.2, 0.25) is 5.91 Å². The Balaban J connectivity index is 2.26. The molecule has 9 heteroatoms. The normalized spacial score (nSPS) is 20.5. The van der Waals surface area contributed by atoms with Gasteiger partial charge in [-0.25, -0.2) is 9.86 Å². The number of benzene rings is 1. The smallest absolute Gasteiger partial charge is 0.337 e. The zero-order chi connectivity index (χ0) is 16.3. The Morgan fingerprint density at radius 3 is 2.55 bits per heavy atom. The molecule has 22 heavy (non-hydrogen) atoms. The summed E-state index contributed by atoms with van der Waals surface area (Å²) in [6.45, 7) is 0. The van der Waals surface area contributed by atoms with Crippen LogP contribution >= 0.6 is 0 Å². The van der Waals surface area contributed by atoms with Crippen LogP contribution in [0.15, 0.2) is 24.3 Å². The van der Waals surface area contributed by atoms with E-state index < -0.39 is 23.0 Å². The molecule has 0 aromatic heterocycles. The molecule has 1 saturated heterocycles. The molecule has 2 unspecified atom stereocenters. The molecule has 0 bridgehead atoms. The maximum atomic E-state index is 11.9. The molecule has 0 aliphatic carbocycles. The number of nitrogens with zero attached hydrogens (tertiary/aromatic N) is 2. The highest BCUT2D eigenvalue weighted by Gasteiger charge is 2.42. The summed E-state index contributed by atoms with van der Waals surface area (Å²) in [4.78, 5) is 39.1. The maximum absolute atomic E-state index is 11.9. The average Bonchev–Trinajstić information content (AvgIpc) is 2.98. The molecular formula is C13H15N3O6. The molecule has 2 rings (SSSR count). The summed E-state index contributed by atoms with van der Waals surface area (Å²) in [5.41, 5.74) is 0.356. The number of anilines is 1. The number of nitrogens with one attached hydrogen (secondary N) is 1. The Hall–Kier alpha value is -2.68. The molecule has 1 fully saturated rings. The number of rotatable bonds is 4. The van der Waals surface area contributed by atoms with Crippen LogP contribution in [0.1, 0.15) is 6.42 Å². The molecule has 0 radical (unpaired) electrons. The van der Waals surface area contributed by atoms with E-state index in [1.807, 2.05) is 0 Å². The van der Waals surface area contributed by atoms with Crippen molar-refractivity contribution >= 4 is 23.3 Å². The summed E-state index contributed by atoms with van der Waals surface area (Å²) >= 11 is 0. The fourth-order valence-corrected chi connectivity index (χ4v) is 2.17. The van der Waals surface area contributed by atoms with Crippen molar-refractivity contribution in [1.82, 2.24) is 5.32 Å². The first kappa shape index (κ1) is 15.7. The van der Waals surface area contributed by atoms with Gasteiger partial charge in [-0.1, -0.05) is 0 Å². The monoisotopic (exact) mass is 309 g/mol. The quantitative estimate of drug-likeness (QED) is 0.486. The number of methoxy groups -OCH3 is 1. The molecule has 2 atom stereocenters. The van der Waals surface area contributed by atoms with Crippen LogP contribution in [-0.2, 0) is 19.2 Å². The molecule has 1 aliphatic heterocycles. The van der Waals surface area contributed by atoms with Crippen LogP contribution in [0.4, 0.5) is 11.4 Å². The summed E-state index contributed by atoms with van der Waals surface area (Å²) < 4.78 is 4.62. The zero-order valence-electron chi connectivity index (χ0n) is 12.0. The van der Waals surface area contributed by atoms with E-state index in [0.717, 1.165) is 0 Å². The summed E-state index contributed by atoms with van der Waals surface area (Å²) in [5, 5.41) is 14.4. The van der Waals surface area contributed by atoms with Crippen molar-refractivity contribution < 1.29 is 24.1 Å². The fraction of sp³-hybridized carbons (Fsp3) is 0.385. The van der Waals surface area contributed by atoms with Crippen molar-refractivity contribution in [3.05, 3.63) is 34.4 Å². The van der Waals surface area contributed by atoms with Gasteiger partial charge >= 0.3 is 5.97 Å². The summed E-state index contributed by atoms with van der Waals surface area (Å²) in [5.74, 6) is -0.914. The van der Waals surface area contributed by atoms with Crippen molar-refractivity contribution in [1.29, 1.82) is 0 Å². The SMILES string of the molecule is CNC(=O)C1CC(C(=O)OC)ON1c1ccc([N+](=O)[O-])cc1. The molecule has 1 amide bonds. The lowest BCUT2D eigenvalue weighted by molar-refractivity contribution is -0.384. The maximum Gasteiger partial charge on any atom is 0.337 e.